The van der Waals surface area contributed by atoms with E-state index in [4.69, 9.17) is 9.97 Å². The molecule has 0 radical (unpaired) electrons. The average Bonchev–Trinajstić information content (AvgIpc) is 3.26. The molecule has 30 heavy (non-hydrogen) atoms. The largest absolute Gasteiger partial charge is 0.481 e. The van der Waals surface area contributed by atoms with Crippen LogP contribution in [0, 0.1) is 30.6 Å². The Hall–Kier alpha value is -2.22. The van der Waals surface area contributed by atoms with Gasteiger partial charge in [0.2, 0.25) is 5.95 Å². The third kappa shape index (κ3) is 4.91. The summed E-state index contributed by atoms with van der Waals surface area (Å²) >= 11 is 1.53. The summed E-state index contributed by atoms with van der Waals surface area (Å²) in [5, 5.41) is 15.6. The number of carboxylic acid groups (broad SMARTS) is 1. The van der Waals surface area contributed by atoms with Gasteiger partial charge in [-0.2, -0.15) is 4.98 Å². The molecule has 3 heterocycles. The second kappa shape index (κ2) is 9.29. The zero-order valence-corrected chi connectivity index (χ0v) is 18.6. The Labute approximate surface area is 182 Å². The van der Waals surface area contributed by atoms with Crippen LogP contribution in [-0.2, 0) is 4.79 Å². The molecule has 1 aliphatic heterocycles. The minimum absolute atomic E-state index is 0.114. The molecule has 0 spiro atoms. The van der Waals surface area contributed by atoms with Crippen molar-refractivity contribution in [2.45, 2.75) is 52.4 Å². The average molecular weight is 430 g/mol. The van der Waals surface area contributed by atoms with E-state index < -0.39 is 5.97 Å². The van der Waals surface area contributed by atoms with Gasteiger partial charge in [0.25, 0.3) is 0 Å². The molecule has 2 aliphatic rings. The van der Waals surface area contributed by atoms with Gasteiger partial charge in [0.1, 0.15) is 5.82 Å². The van der Waals surface area contributed by atoms with Crippen LogP contribution in [0.5, 0.6) is 0 Å². The van der Waals surface area contributed by atoms with Gasteiger partial charge in [0, 0.05) is 36.4 Å². The molecule has 2 aromatic heterocycles. The second-order valence-corrected chi connectivity index (χ2v) is 9.74. The third-order valence-electron chi connectivity index (χ3n) is 6.72. The molecule has 0 aromatic carbocycles. The highest BCUT2D eigenvalue weighted by Crippen LogP contribution is 2.39. The lowest BCUT2D eigenvalue weighted by atomic mass is 9.72. The van der Waals surface area contributed by atoms with E-state index in [1.807, 2.05) is 25.3 Å². The summed E-state index contributed by atoms with van der Waals surface area (Å²) in [7, 11) is 0. The van der Waals surface area contributed by atoms with Crippen molar-refractivity contribution in [3.8, 4) is 0 Å². The van der Waals surface area contributed by atoms with Crippen LogP contribution in [0.4, 0.5) is 16.9 Å². The first-order valence-corrected chi connectivity index (χ1v) is 11.9. The van der Waals surface area contributed by atoms with E-state index >= 15 is 0 Å². The molecule has 8 heteroatoms. The van der Waals surface area contributed by atoms with Gasteiger partial charge in [-0.25, -0.2) is 9.97 Å². The maximum Gasteiger partial charge on any atom is 0.306 e. The minimum atomic E-state index is -0.708. The molecule has 7 nitrogen and oxygen atoms in total. The Balaban J connectivity index is 1.58. The fourth-order valence-corrected chi connectivity index (χ4v) is 5.54. The number of anilines is 3. The number of aliphatic carboxylic acids is 1. The van der Waals surface area contributed by atoms with Crippen molar-refractivity contribution >= 4 is 34.2 Å². The molecule has 0 amide bonds. The van der Waals surface area contributed by atoms with Gasteiger partial charge in [-0.3, -0.25) is 4.79 Å². The number of aromatic nitrogens is 3. The van der Waals surface area contributed by atoms with Crippen molar-refractivity contribution in [3.63, 3.8) is 0 Å². The van der Waals surface area contributed by atoms with Crippen LogP contribution < -0.4 is 10.2 Å². The zero-order valence-electron chi connectivity index (χ0n) is 17.8. The standard InChI is InChI=1S/C22H31N5O2S/c1-14-10-19(26-22-23-8-9-30-22)25-21(24-14)27-12-17(15(2)20(28)29)11-18(13-27)16-6-4-3-5-7-16/h8-10,15-18H,3-7,11-13H2,1-2H3,(H,28,29)(H,23,24,25,26). The molecule has 1 aliphatic carbocycles. The monoisotopic (exact) mass is 429 g/mol. The summed E-state index contributed by atoms with van der Waals surface area (Å²) < 4.78 is 0. The fourth-order valence-electron chi connectivity index (χ4n) is 5.01. The SMILES string of the molecule is Cc1cc(Nc2nccs2)nc(N2CC(C3CCCCC3)CC(C(C)C(=O)O)C2)n1. The number of aryl methyl sites for hydroxylation is 1. The number of thiazole rings is 1. The molecule has 2 fully saturated rings. The first-order valence-electron chi connectivity index (χ1n) is 11.0. The van der Waals surface area contributed by atoms with Crippen molar-refractivity contribution in [3.05, 3.63) is 23.3 Å². The van der Waals surface area contributed by atoms with Gasteiger partial charge < -0.3 is 15.3 Å². The lowest BCUT2D eigenvalue weighted by molar-refractivity contribution is -0.143. The van der Waals surface area contributed by atoms with E-state index in [1.165, 1.54) is 43.4 Å². The van der Waals surface area contributed by atoms with Crippen LogP contribution >= 0.6 is 11.3 Å². The maximum absolute atomic E-state index is 11.7. The molecule has 1 saturated heterocycles. The number of carboxylic acids is 1. The number of hydrogen-bond donors (Lipinski definition) is 2. The Kier molecular flexibility index (Phi) is 6.51. The summed E-state index contributed by atoms with van der Waals surface area (Å²) in [6.45, 7) is 5.42. The van der Waals surface area contributed by atoms with Crippen LogP contribution in [0.25, 0.3) is 0 Å². The minimum Gasteiger partial charge on any atom is -0.481 e. The van der Waals surface area contributed by atoms with Gasteiger partial charge in [0.05, 0.1) is 5.92 Å². The molecular formula is C22H31N5O2S. The number of nitrogens with zero attached hydrogens (tertiary/aromatic N) is 4. The summed E-state index contributed by atoms with van der Waals surface area (Å²) in [4.78, 5) is 27.7. The van der Waals surface area contributed by atoms with E-state index in [0.717, 1.165) is 29.6 Å². The highest BCUT2D eigenvalue weighted by molar-refractivity contribution is 7.13. The summed E-state index contributed by atoms with van der Waals surface area (Å²) in [5.74, 6) is 1.65. The highest BCUT2D eigenvalue weighted by Gasteiger charge is 2.37. The van der Waals surface area contributed by atoms with Gasteiger partial charge in [0.15, 0.2) is 5.13 Å². The summed E-state index contributed by atoms with van der Waals surface area (Å²) in [5.41, 5.74) is 0.890. The second-order valence-electron chi connectivity index (χ2n) is 8.84. The lowest BCUT2D eigenvalue weighted by Gasteiger charge is -2.43. The summed E-state index contributed by atoms with van der Waals surface area (Å²) in [6, 6.07) is 1.92. The van der Waals surface area contributed by atoms with Crippen LogP contribution in [-0.4, -0.2) is 39.1 Å². The van der Waals surface area contributed by atoms with E-state index in [0.29, 0.717) is 24.3 Å². The Morgan fingerprint density at radius 1 is 1.23 bits per heavy atom. The quantitative estimate of drug-likeness (QED) is 0.686. The number of nitrogens with one attached hydrogen (secondary N) is 1. The van der Waals surface area contributed by atoms with Crippen LogP contribution in [0.3, 0.4) is 0 Å². The molecule has 0 bridgehead atoms. The number of piperidine rings is 1. The van der Waals surface area contributed by atoms with Gasteiger partial charge in [-0.05, 0) is 31.1 Å². The number of carbonyl (C=O) groups is 1. The van der Waals surface area contributed by atoms with Crippen molar-refractivity contribution in [1.82, 2.24) is 15.0 Å². The van der Waals surface area contributed by atoms with E-state index in [1.54, 1.807) is 6.20 Å². The fraction of sp³-hybridized carbons (Fsp3) is 0.636. The van der Waals surface area contributed by atoms with Crippen molar-refractivity contribution < 1.29 is 9.90 Å². The molecule has 3 unspecified atom stereocenters. The molecule has 2 aromatic rings. The molecule has 162 valence electrons. The normalized spacial score (nSPS) is 23.9. The first kappa shape index (κ1) is 21.0. The molecule has 1 saturated carbocycles. The van der Waals surface area contributed by atoms with Crippen LogP contribution in [0.2, 0.25) is 0 Å². The smallest absolute Gasteiger partial charge is 0.306 e. The van der Waals surface area contributed by atoms with E-state index in [-0.39, 0.29) is 11.8 Å². The topological polar surface area (TPSA) is 91.2 Å². The first-order chi connectivity index (χ1) is 14.5. The van der Waals surface area contributed by atoms with Crippen LogP contribution in [0.1, 0.15) is 51.1 Å². The van der Waals surface area contributed by atoms with Crippen molar-refractivity contribution in [2.24, 2.45) is 23.7 Å². The van der Waals surface area contributed by atoms with Crippen molar-refractivity contribution in [2.75, 3.05) is 23.3 Å². The molecule has 2 N–H and O–H groups in total. The maximum atomic E-state index is 11.7. The Morgan fingerprint density at radius 2 is 2.03 bits per heavy atom. The molecule has 4 rings (SSSR count). The van der Waals surface area contributed by atoms with E-state index in [9.17, 15) is 9.90 Å². The molecule has 3 atom stereocenters. The van der Waals surface area contributed by atoms with Crippen LogP contribution in [0.15, 0.2) is 17.6 Å². The third-order valence-corrected chi connectivity index (χ3v) is 7.41. The van der Waals surface area contributed by atoms with Gasteiger partial charge >= 0.3 is 5.97 Å². The van der Waals surface area contributed by atoms with Crippen molar-refractivity contribution in [1.29, 1.82) is 0 Å². The Morgan fingerprint density at radius 3 is 2.73 bits per heavy atom. The molecular weight excluding hydrogens is 398 g/mol. The van der Waals surface area contributed by atoms with E-state index in [2.05, 4.69) is 15.2 Å². The van der Waals surface area contributed by atoms with Gasteiger partial charge in [-0.1, -0.05) is 39.0 Å². The van der Waals surface area contributed by atoms with Gasteiger partial charge in [-0.15, -0.1) is 11.3 Å². The predicted molar refractivity (Wildman–Crippen MR) is 119 cm³/mol. The number of hydrogen-bond acceptors (Lipinski definition) is 7. The highest BCUT2D eigenvalue weighted by atomic mass is 32.1. The Bertz CT molecular complexity index is 853. The zero-order chi connectivity index (χ0) is 21.1. The summed E-state index contributed by atoms with van der Waals surface area (Å²) in [6.07, 6.45) is 9.20. The number of rotatable bonds is 6. The lowest BCUT2D eigenvalue weighted by Crippen LogP contribution is -2.47. The predicted octanol–water partition coefficient (Wildman–Crippen LogP) is 4.73.